The summed E-state index contributed by atoms with van der Waals surface area (Å²) in [6.45, 7) is 4.00. The van der Waals surface area contributed by atoms with E-state index in [-0.39, 0.29) is 0 Å². The zero-order valence-corrected chi connectivity index (χ0v) is 11.5. The molecule has 1 aliphatic carbocycles. The monoisotopic (exact) mass is 264 g/mol. The van der Waals surface area contributed by atoms with Crippen molar-refractivity contribution in [3.8, 4) is 0 Å². The van der Waals surface area contributed by atoms with Gasteiger partial charge in [0.15, 0.2) is 16.6 Å². The van der Waals surface area contributed by atoms with Crippen LogP contribution in [0.25, 0.3) is 5.65 Å². The third kappa shape index (κ3) is 1.79. The molecule has 0 atom stereocenters. The molecule has 1 fully saturated rings. The molecule has 0 aromatic carbocycles. The smallest absolute Gasteiger partial charge is 0.181 e. The molecule has 2 heterocycles. The molecule has 0 bridgehead atoms. The first-order valence-electron chi connectivity index (χ1n) is 6.56. The van der Waals surface area contributed by atoms with Crippen LogP contribution >= 0.6 is 11.6 Å². The fourth-order valence-electron chi connectivity index (χ4n) is 2.72. The van der Waals surface area contributed by atoms with E-state index in [0.29, 0.717) is 11.1 Å². The second-order valence-electron chi connectivity index (χ2n) is 5.17. The van der Waals surface area contributed by atoms with Gasteiger partial charge in [0.25, 0.3) is 0 Å². The first-order valence-corrected chi connectivity index (χ1v) is 6.94. The molecule has 0 unspecified atom stereocenters. The molecule has 0 aliphatic heterocycles. The van der Waals surface area contributed by atoms with Crippen LogP contribution in [0.1, 0.15) is 55.0 Å². The molecule has 0 radical (unpaired) electrons. The maximum Gasteiger partial charge on any atom is 0.181 e. The molecule has 0 N–H and O–H groups in total. The van der Waals surface area contributed by atoms with E-state index in [1.807, 2.05) is 18.4 Å². The topological polar surface area (TPSA) is 43.1 Å². The van der Waals surface area contributed by atoms with Crippen molar-refractivity contribution in [3.63, 3.8) is 0 Å². The molecule has 2 aromatic heterocycles. The van der Waals surface area contributed by atoms with E-state index in [9.17, 15) is 0 Å². The highest BCUT2D eigenvalue weighted by atomic mass is 35.5. The zero-order chi connectivity index (χ0) is 12.7. The van der Waals surface area contributed by atoms with Gasteiger partial charge in [0.05, 0.1) is 0 Å². The summed E-state index contributed by atoms with van der Waals surface area (Å²) in [7, 11) is 0. The number of fused-ring (bicyclic) bond motifs is 1. The van der Waals surface area contributed by atoms with Crippen molar-refractivity contribution in [1.82, 2.24) is 19.8 Å². The molecule has 1 saturated carbocycles. The van der Waals surface area contributed by atoms with Gasteiger partial charge in [-0.25, -0.2) is 0 Å². The van der Waals surface area contributed by atoms with Crippen molar-refractivity contribution < 1.29 is 0 Å². The lowest BCUT2D eigenvalue weighted by Gasteiger charge is -2.19. The summed E-state index contributed by atoms with van der Waals surface area (Å²) in [6.07, 6.45) is 6.26. The van der Waals surface area contributed by atoms with Crippen LogP contribution in [0, 0.1) is 13.8 Å². The summed E-state index contributed by atoms with van der Waals surface area (Å²) < 4.78 is 1.85. The quantitative estimate of drug-likeness (QED) is 0.792. The summed E-state index contributed by atoms with van der Waals surface area (Å²) >= 11 is 6.17. The van der Waals surface area contributed by atoms with Crippen molar-refractivity contribution in [2.45, 2.75) is 51.9 Å². The van der Waals surface area contributed by atoms with E-state index >= 15 is 0 Å². The maximum atomic E-state index is 6.17. The van der Waals surface area contributed by atoms with Gasteiger partial charge in [0.2, 0.25) is 0 Å². The number of aryl methyl sites for hydroxylation is 1. The van der Waals surface area contributed by atoms with Gasteiger partial charge in [-0.1, -0.05) is 30.9 Å². The Morgan fingerprint density at radius 2 is 1.78 bits per heavy atom. The van der Waals surface area contributed by atoms with E-state index < -0.39 is 0 Å². The van der Waals surface area contributed by atoms with Crippen LogP contribution in [0.2, 0.25) is 5.15 Å². The number of hydrogen-bond donors (Lipinski definition) is 0. The van der Waals surface area contributed by atoms with Crippen molar-refractivity contribution >= 4 is 17.2 Å². The highest BCUT2D eigenvalue weighted by Crippen LogP contribution is 2.32. The maximum absolute atomic E-state index is 6.17. The van der Waals surface area contributed by atoms with E-state index in [4.69, 9.17) is 11.6 Å². The first-order chi connectivity index (χ1) is 8.68. The zero-order valence-electron chi connectivity index (χ0n) is 10.8. The lowest BCUT2D eigenvalue weighted by molar-refractivity contribution is 0.423. The minimum absolute atomic E-state index is 0.486. The Labute approximate surface area is 111 Å². The van der Waals surface area contributed by atoms with Crippen LogP contribution < -0.4 is 0 Å². The molecule has 96 valence electrons. The van der Waals surface area contributed by atoms with Crippen molar-refractivity contribution in [3.05, 3.63) is 22.1 Å². The van der Waals surface area contributed by atoms with Gasteiger partial charge in [-0.15, -0.1) is 10.2 Å². The lowest BCUT2D eigenvalue weighted by atomic mass is 9.89. The van der Waals surface area contributed by atoms with Crippen LogP contribution in [-0.4, -0.2) is 19.8 Å². The normalized spacial score (nSPS) is 17.5. The summed E-state index contributed by atoms with van der Waals surface area (Å²) in [6, 6.07) is 0. The third-order valence-electron chi connectivity index (χ3n) is 4.03. The molecule has 0 amide bonds. The molecule has 2 aromatic rings. The molecule has 0 saturated heterocycles. The van der Waals surface area contributed by atoms with Crippen LogP contribution in [0.15, 0.2) is 0 Å². The highest BCUT2D eigenvalue weighted by molar-refractivity contribution is 6.30. The predicted molar refractivity (Wildman–Crippen MR) is 71.1 cm³/mol. The molecule has 5 heteroatoms. The second kappa shape index (κ2) is 4.50. The minimum atomic E-state index is 0.486. The Kier molecular flexibility index (Phi) is 2.98. The first kappa shape index (κ1) is 11.9. The third-order valence-corrected chi connectivity index (χ3v) is 4.39. The van der Waals surface area contributed by atoms with Crippen LogP contribution in [0.5, 0.6) is 0 Å². The van der Waals surface area contributed by atoms with Crippen molar-refractivity contribution in [2.24, 2.45) is 0 Å². The largest absolute Gasteiger partial charge is 0.195 e. The molecule has 4 nitrogen and oxygen atoms in total. The number of nitrogens with zero attached hydrogens (tertiary/aromatic N) is 4. The molecular formula is C13H17ClN4. The second-order valence-corrected chi connectivity index (χ2v) is 5.53. The predicted octanol–water partition coefficient (Wildman–Crippen LogP) is 3.44. The van der Waals surface area contributed by atoms with Gasteiger partial charge in [0.1, 0.15) is 0 Å². The van der Waals surface area contributed by atoms with Gasteiger partial charge in [0, 0.05) is 11.5 Å². The van der Waals surface area contributed by atoms with Crippen molar-refractivity contribution in [1.29, 1.82) is 0 Å². The van der Waals surface area contributed by atoms with Crippen molar-refractivity contribution in [2.75, 3.05) is 0 Å². The Hall–Kier alpha value is -1.16. The Morgan fingerprint density at radius 3 is 2.50 bits per heavy atom. The van der Waals surface area contributed by atoms with Crippen LogP contribution in [0.4, 0.5) is 0 Å². The molecule has 0 spiro atoms. The van der Waals surface area contributed by atoms with Gasteiger partial charge >= 0.3 is 0 Å². The van der Waals surface area contributed by atoms with E-state index in [1.54, 1.807) is 0 Å². The number of halogens is 1. The fraction of sp³-hybridized carbons (Fsp3) is 0.615. The summed E-state index contributed by atoms with van der Waals surface area (Å²) in [5.41, 5.74) is 2.91. The Balaban J connectivity index is 2.13. The average molecular weight is 265 g/mol. The Morgan fingerprint density at radius 1 is 1.06 bits per heavy atom. The summed E-state index contributed by atoms with van der Waals surface area (Å²) in [4.78, 5) is 0. The summed E-state index contributed by atoms with van der Waals surface area (Å²) in [5.74, 6) is 1.47. The van der Waals surface area contributed by atoms with Crippen LogP contribution in [0.3, 0.4) is 0 Å². The number of hydrogen-bond acceptors (Lipinski definition) is 3. The minimum Gasteiger partial charge on any atom is -0.195 e. The molecule has 18 heavy (non-hydrogen) atoms. The van der Waals surface area contributed by atoms with Gasteiger partial charge < -0.3 is 0 Å². The van der Waals surface area contributed by atoms with Gasteiger partial charge in [-0.2, -0.15) is 9.61 Å². The standard InChI is InChI=1S/C13H17ClN4/c1-8-9(2)12-15-16-13(18(12)17-11(8)14)10-6-4-3-5-7-10/h10H,3-7H2,1-2H3. The SMILES string of the molecule is Cc1c(Cl)nn2c(C3CCCCC3)nnc2c1C. The highest BCUT2D eigenvalue weighted by Gasteiger charge is 2.22. The van der Waals surface area contributed by atoms with Crippen LogP contribution in [-0.2, 0) is 0 Å². The van der Waals surface area contributed by atoms with E-state index in [2.05, 4.69) is 15.3 Å². The number of aromatic nitrogens is 4. The molecule has 1 aliphatic rings. The number of rotatable bonds is 1. The van der Waals surface area contributed by atoms with Gasteiger partial charge in [-0.05, 0) is 32.3 Å². The van der Waals surface area contributed by atoms with Gasteiger partial charge in [-0.3, -0.25) is 0 Å². The average Bonchev–Trinajstić information content (AvgIpc) is 2.81. The molecular weight excluding hydrogens is 248 g/mol. The molecule has 3 rings (SSSR count). The lowest BCUT2D eigenvalue weighted by Crippen LogP contribution is -2.11. The summed E-state index contributed by atoms with van der Waals surface area (Å²) in [5, 5.41) is 13.6. The fourth-order valence-corrected chi connectivity index (χ4v) is 2.94. The Bertz CT molecular complexity index is 584. The van der Waals surface area contributed by atoms with E-state index in [1.165, 1.54) is 32.1 Å². The van der Waals surface area contributed by atoms with E-state index in [0.717, 1.165) is 22.6 Å².